The van der Waals surface area contributed by atoms with E-state index in [0.29, 0.717) is 28.6 Å². The average Bonchev–Trinajstić information content (AvgIpc) is 2.59. The van der Waals surface area contributed by atoms with E-state index < -0.39 is 0 Å². The summed E-state index contributed by atoms with van der Waals surface area (Å²) >= 11 is 6.11. The summed E-state index contributed by atoms with van der Waals surface area (Å²) in [5, 5.41) is 3.15. The Morgan fingerprint density at radius 1 is 1.04 bits per heavy atom. The predicted molar refractivity (Wildman–Crippen MR) is 88.7 cm³/mol. The van der Waals surface area contributed by atoms with Gasteiger partial charge in [-0.05, 0) is 29.8 Å². The van der Waals surface area contributed by atoms with E-state index in [4.69, 9.17) is 25.8 Å². The lowest BCUT2D eigenvalue weighted by atomic mass is 10.1. The van der Waals surface area contributed by atoms with Gasteiger partial charge in [0.25, 0.3) is 5.91 Å². The minimum absolute atomic E-state index is 0.247. The second-order valence-corrected chi connectivity index (χ2v) is 5.13. The molecule has 2 aromatic rings. The maximum atomic E-state index is 12.3. The zero-order chi connectivity index (χ0) is 16.8. The van der Waals surface area contributed by atoms with Crippen molar-refractivity contribution in [2.45, 2.75) is 6.54 Å². The first-order valence-electron chi connectivity index (χ1n) is 6.91. The Labute approximate surface area is 140 Å². The van der Waals surface area contributed by atoms with E-state index in [1.807, 2.05) is 24.3 Å². The van der Waals surface area contributed by atoms with Crippen LogP contribution in [0.4, 0.5) is 0 Å². The molecule has 0 aliphatic rings. The molecule has 0 saturated carbocycles. The monoisotopic (exact) mass is 335 g/mol. The highest BCUT2D eigenvalue weighted by Crippen LogP contribution is 2.35. The van der Waals surface area contributed by atoms with Crippen LogP contribution in [-0.2, 0) is 6.54 Å². The van der Waals surface area contributed by atoms with E-state index in [1.165, 1.54) is 14.2 Å². The number of rotatable bonds is 6. The highest BCUT2D eigenvalue weighted by molar-refractivity contribution is 6.32. The summed E-state index contributed by atoms with van der Waals surface area (Å²) in [6.07, 6.45) is 0. The van der Waals surface area contributed by atoms with Crippen molar-refractivity contribution >= 4 is 17.5 Å². The van der Waals surface area contributed by atoms with Gasteiger partial charge in [-0.15, -0.1) is 0 Å². The number of hydrogen-bond acceptors (Lipinski definition) is 4. The van der Waals surface area contributed by atoms with Crippen molar-refractivity contribution < 1.29 is 19.0 Å². The van der Waals surface area contributed by atoms with Crippen LogP contribution in [-0.4, -0.2) is 27.2 Å². The van der Waals surface area contributed by atoms with Crippen LogP contribution in [0, 0.1) is 0 Å². The lowest BCUT2D eigenvalue weighted by Gasteiger charge is -2.12. The summed E-state index contributed by atoms with van der Waals surface area (Å²) < 4.78 is 15.4. The Bertz CT molecular complexity index is 686. The first-order valence-corrected chi connectivity index (χ1v) is 7.29. The Kier molecular flexibility index (Phi) is 5.71. The highest BCUT2D eigenvalue weighted by Gasteiger charge is 2.15. The van der Waals surface area contributed by atoms with Gasteiger partial charge in [0, 0.05) is 12.1 Å². The molecule has 2 rings (SSSR count). The fraction of sp³-hybridized carbons (Fsp3) is 0.235. The molecular formula is C17H18ClNO4. The molecule has 2 aromatic carbocycles. The van der Waals surface area contributed by atoms with Crippen LogP contribution in [0.25, 0.3) is 0 Å². The predicted octanol–water partition coefficient (Wildman–Crippen LogP) is 3.30. The third-order valence-electron chi connectivity index (χ3n) is 3.31. The van der Waals surface area contributed by atoms with Gasteiger partial charge in [-0.2, -0.15) is 0 Å². The van der Waals surface area contributed by atoms with Crippen molar-refractivity contribution in [3.63, 3.8) is 0 Å². The number of amides is 1. The van der Waals surface area contributed by atoms with Gasteiger partial charge >= 0.3 is 0 Å². The molecule has 0 unspecified atom stereocenters. The number of carbonyl (C=O) groups is 1. The third-order valence-corrected chi connectivity index (χ3v) is 3.59. The summed E-state index contributed by atoms with van der Waals surface area (Å²) in [6, 6.07) is 10.6. The van der Waals surface area contributed by atoms with E-state index in [1.54, 1.807) is 19.2 Å². The number of hydrogen-bond donors (Lipinski definition) is 1. The van der Waals surface area contributed by atoms with Gasteiger partial charge in [0.15, 0.2) is 11.5 Å². The van der Waals surface area contributed by atoms with Crippen molar-refractivity contribution in [3.05, 3.63) is 52.5 Å². The smallest absolute Gasteiger partial charge is 0.251 e. The molecule has 0 bridgehead atoms. The first-order chi connectivity index (χ1) is 11.1. The van der Waals surface area contributed by atoms with Crippen LogP contribution in [0.15, 0.2) is 36.4 Å². The minimum Gasteiger partial charge on any atom is -0.497 e. The number of carbonyl (C=O) groups excluding carboxylic acids is 1. The largest absolute Gasteiger partial charge is 0.497 e. The van der Waals surface area contributed by atoms with Crippen LogP contribution in [0.1, 0.15) is 15.9 Å². The van der Waals surface area contributed by atoms with E-state index in [-0.39, 0.29) is 5.91 Å². The molecule has 1 amide bonds. The van der Waals surface area contributed by atoms with Crippen molar-refractivity contribution in [3.8, 4) is 17.2 Å². The molecule has 0 atom stereocenters. The van der Waals surface area contributed by atoms with Crippen molar-refractivity contribution in [1.82, 2.24) is 5.32 Å². The number of ether oxygens (including phenoxy) is 3. The molecule has 0 radical (unpaired) electrons. The van der Waals surface area contributed by atoms with Gasteiger partial charge in [-0.25, -0.2) is 0 Å². The molecule has 1 N–H and O–H groups in total. The van der Waals surface area contributed by atoms with Gasteiger partial charge in [0.1, 0.15) is 5.75 Å². The second kappa shape index (κ2) is 7.74. The second-order valence-electron chi connectivity index (χ2n) is 4.72. The normalized spacial score (nSPS) is 10.1. The fourth-order valence-corrected chi connectivity index (χ4v) is 2.36. The lowest BCUT2D eigenvalue weighted by molar-refractivity contribution is 0.0950. The molecule has 6 heteroatoms. The molecule has 0 fully saturated rings. The summed E-state index contributed by atoms with van der Waals surface area (Å²) in [7, 11) is 4.60. The summed E-state index contributed by atoms with van der Waals surface area (Å²) in [5.41, 5.74) is 1.37. The van der Waals surface area contributed by atoms with Gasteiger partial charge in [-0.1, -0.05) is 23.7 Å². The lowest BCUT2D eigenvalue weighted by Crippen LogP contribution is -2.22. The summed E-state index contributed by atoms with van der Waals surface area (Å²) in [4.78, 5) is 12.3. The van der Waals surface area contributed by atoms with Crippen LogP contribution in [0.2, 0.25) is 5.02 Å². The number of benzene rings is 2. The maximum absolute atomic E-state index is 12.3. The van der Waals surface area contributed by atoms with Gasteiger partial charge in [0.05, 0.1) is 26.4 Å². The molecule has 0 saturated heterocycles. The molecule has 0 heterocycles. The Morgan fingerprint density at radius 2 is 1.74 bits per heavy atom. The van der Waals surface area contributed by atoms with Crippen LogP contribution < -0.4 is 19.5 Å². The topological polar surface area (TPSA) is 56.8 Å². The van der Waals surface area contributed by atoms with Crippen molar-refractivity contribution in [1.29, 1.82) is 0 Å². The van der Waals surface area contributed by atoms with E-state index in [2.05, 4.69) is 5.32 Å². The number of nitrogens with one attached hydrogen (secondary N) is 1. The van der Waals surface area contributed by atoms with E-state index in [0.717, 1.165) is 11.3 Å². The third kappa shape index (κ3) is 4.07. The number of methoxy groups -OCH3 is 3. The molecule has 0 aromatic heterocycles. The first kappa shape index (κ1) is 17.0. The molecule has 5 nitrogen and oxygen atoms in total. The average molecular weight is 336 g/mol. The van der Waals surface area contributed by atoms with Crippen molar-refractivity contribution in [2.24, 2.45) is 0 Å². The SMILES string of the molecule is COc1ccc(CNC(=O)c2cc(Cl)c(OC)c(OC)c2)cc1. The van der Waals surface area contributed by atoms with E-state index >= 15 is 0 Å². The van der Waals surface area contributed by atoms with Gasteiger partial charge in [-0.3, -0.25) is 4.79 Å². The molecule has 0 aliphatic carbocycles. The number of halogens is 1. The summed E-state index contributed by atoms with van der Waals surface area (Å²) in [5.74, 6) is 1.34. The zero-order valence-corrected chi connectivity index (χ0v) is 13.9. The molecule has 0 spiro atoms. The molecule has 122 valence electrons. The Hall–Kier alpha value is -2.40. The Balaban J connectivity index is 2.09. The quantitative estimate of drug-likeness (QED) is 0.880. The highest BCUT2D eigenvalue weighted by atomic mass is 35.5. The van der Waals surface area contributed by atoms with Gasteiger partial charge < -0.3 is 19.5 Å². The Morgan fingerprint density at radius 3 is 2.30 bits per heavy atom. The molecule has 0 aliphatic heterocycles. The maximum Gasteiger partial charge on any atom is 0.251 e. The zero-order valence-electron chi connectivity index (χ0n) is 13.2. The molecular weight excluding hydrogens is 318 g/mol. The van der Waals surface area contributed by atoms with Crippen molar-refractivity contribution in [2.75, 3.05) is 21.3 Å². The van der Waals surface area contributed by atoms with Crippen LogP contribution in [0.5, 0.6) is 17.2 Å². The van der Waals surface area contributed by atoms with Gasteiger partial charge in [0.2, 0.25) is 0 Å². The standard InChI is InChI=1S/C17H18ClNO4/c1-21-13-6-4-11(5-7-13)10-19-17(20)12-8-14(18)16(23-3)15(9-12)22-2/h4-9H,10H2,1-3H3,(H,19,20). The van der Waals surface area contributed by atoms with Crippen LogP contribution >= 0.6 is 11.6 Å². The van der Waals surface area contributed by atoms with E-state index in [9.17, 15) is 4.79 Å². The van der Waals surface area contributed by atoms with Crippen LogP contribution in [0.3, 0.4) is 0 Å². The fourth-order valence-electron chi connectivity index (χ4n) is 2.08. The molecule has 23 heavy (non-hydrogen) atoms. The summed E-state index contributed by atoms with van der Waals surface area (Å²) in [6.45, 7) is 0.398. The minimum atomic E-state index is -0.247.